The fourth-order valence-corrected chi connectivity index (χ4v) is 5.86. The Morgan fingerprint density at radius 1 is 1.11 bits per heavy atom. The van der Waals surface area contributed by atoms with Gasteiger partial charge in [-0.1, -0.05) is 67.6 Å². The molecule has 7 nitrogen and oxygen atoms in total. The average molecular weight is 573 g/mol. The van der Waals surface area contributed by atoms with Gasteiger partial charge >= 0.3 is 0 Å². The van der Waals surface area contributed by atoms with Crippen molar-refractivity contribution in [3.05, 3.63) is 63.9 Å². The Kier molecular flexibility index (Phi) is 10.2. The van der Waals surface area contributed by atoms with Crippen molar-refractivity contribution in [1.82, 2.24) is 10.2 Å². The van der Waals surface area contributed by atoms with Gasteiger partial charge in [0, 0.05) is 22.6 Å². The second kappa shape index (κ2) is 12.9. The summed E-state index contributed by atoms with van der Waals surface area (Å²) in [6.45, 7) is 1.04. The molecule has 1 fully saturated rings. The van der Waals surface area contributed by atoms with Crippen LogP contribution in [0.25, 0.3) is 0 Å². The Morgan fingerprint density at radius 2 is 1.78 bits per heavy atom. The summed E-state index contributed by atoms with van der Waals surface area (Å²) in [5.41, 5.74) is 0.294. The monoisotopic (exact) mass is 571 g/mol. The molecule has 3 rings (SSSR count). The lowest BCUT2D eigenvalue weighted by Gasteiger charge is -2.34. The summed E-state index contributed by atoms with van der Waals surface area (Å²) < 4.78 is 40.5. The normalized spacial score (nSPS) is 15.2. The molecule has 1 aliphatic carbocycles. The molecule has 2 aromatic rings. The highest BCUT2D eigenvalue weighted by Crippen LogP contribution is 2.26. The Morgan fingerprint density at radius 3 is 2.38 bits per heavy atom. The SMILES string of the molecule is CCC(C(=O)NC1CCCCC1)N(Cc1ccc(Cl)cc1Cl)C(=O)CN(c1ccccc1F)S(C)(=O)=O. The number of benzene rings is 2. The average Bonchev–Trinajstić information content (AvgIpc) is 2.84. The maximum Gasteiger partial charge on any atom is 0.244 e. The van der Waals surface area contributed by atoms with E-state index in [0.717, 1.165) is 44.4 Å². The van der Waals surface area contributed by atoms with Crippen molar-refractivity contribution in [3.8, 4) is 0 Å². The minimum absolute atomic E-state index is 0.0253. The smallest absolute Gasteiger partial charge is 0.244 e. The van der Waals surface area contributed by atoms with Crippen LogP contribution in [-0.4, -0.2) is 50.0 Å². The summed E-state index contributed by atoms with van der Waals surface area (Å²) in [6.07, 6.45) is 6.10. The molecule has 0 saturated heterocycles. The molecule has 0 aliphatic heterocycles. The molecule has 1 saturated carbocycles. The molecule has 1 N–H and O–H groups in total. The van der Waals surface area contributed by atoms with Crippen LogP contribution in [0.15, 0.2) is 42.5 Å². The van der Waals surface area contributed by atoms with Crippen LogP contribution in [0.4, 0.5) is 10.1 Å². The summed E-state index contributed by atoms with van der Waals surface area (Å²) >= 11 is 12.4. The fraction of sp³-hybridized carbons (Fsp3) is 0.462. The van der Waals surface area contributed by atoms with Gasteiger partial charge in [0.15, 0.2) is 0 Å². The first kappa shape index (κ1) is 29.2. The number of anilines is 1. The third-order valence-corrected chi connectivity index (χ3v) is 8.21. The highest BCUT2D eigenvalue weighted by atomic mass is 35.5. The van der Waals surface area contributed by atoms with Crippen LogP contribution in [0.1, 0.15) is 51.0 Å². The lowest BCUT2D eigenvalue weighted by Crippen LogP contribution is -2.54. The molecule has 202 valence electrons. The zero-order valence-electron chi connectivity index (χ0n) is 20.9. The van der Waals surface area contributed by atoms with Gasteiger partial charge in [-0.3, -0.25) is 13.9 Å². The largest absolute Gasteiger partial charge is 0.352 e. The van der Waals surface area contributed by atoms with Crippen LogP contribution in [-0.2, 0) is 26.2 Å². The van der Waals surface area contributed by atoms with Crippen molar-refractivity contribution in [2.24, 2.45) is 0 Å². The highest BCUT2D eigenvalue weighted by molar-refractivity contribution is 7.92. The third-order valence-electron chi connectivity index (χ3n) is 6.49. The maximum absolute atomic E-state index is 14.5. The molecule has 1 aliphatic rings. The number of nitrogens with zero attached hydrogens (tertiary/aromatic N) is 2. The quantitative estimate of drug-likeness (QED) is 0.427. The fourth-order valence-electron chi connectivity index (χ4n) is 4.55. The van der Waals surface area contributed by atoms with Crippen LogP contribution >= 0.6 is 23.2 Å². The lowest BCUT2D eigenvalue weighted by molar-refractivity contribution is -0.140. The van der Waals surface area contributed by atoms with Crippen molar-refractivity contribution in [2.45, 2.75) is 64.1 Å². The number of para-hydroxylation sites is 1. The van der Waals surface area contributed by atoms with Crippen LogP contribution < -0.4 is 9.62 Å². The third kappa shape index (κ3) is 7.82. The molecule has 0 radical (unpaired) electrons. The van der Waals surface area contributed by atoms with Gasteiger partial charge in [0.25, 0.3) is 0 Å². The number of carbonyl (C=O) groups excluding carboxylic acids is 2. The summed E-state index contributed by atoms with van der Waals surface area (Å²) in [5, 5.41) is 3.78. The number of rotatable bonds is 10. The van der Waals surface area contributed by atoms with Crippen LogP contribution in [0.5, 0.6) is 0 Å². The standard InChI is InChI=1S/C26H32Cl2FN3O4S/c1-3-23(26(34)30-20-9-5-4-6-10-20)31(16-18-13-14-19(27)15-21(18)28)25(33)17-32(37(2,35)36)24-12-8-7-11-22(24)29/h7-8,11-15,20,23H,3-6,9-10,16-17H2,1-2H3,(H,30,34). The van der Waals surface area contributed by atoms with Gasteiger partial charge in [0.05, 0.1) is 11.9 Å². The predicted octanol–water partition coefficient (Wildman–Crippen LogP) is 5.15. The Hall–Kier alpha value is -2.36. The molecule has 0 heterocycles. The summed E-state index contributed by atoms with van der Waals surface area (Å²) in [5.74, 6) is -1.76. The highest BCUT2D eigenvalue weighted by Gasteiger charge is 2.33. The van der Waals surface area contributed by atoms with E-state index in [1.54, 1.807) is 19.1 Å². The molecule has 37 heavy (non-hydrogen) atoms. The van der Waals surface area contributed by atoms with E-state index in [4.69, 9.17) is 23.2 Å². The molecule has 0 bridgehead atoms. The topological polar surface area (TPSA) is 86.8 Å². The van der Waals surface area contributed by atoms with Crippen molar-refractivity contribution >= 4 is 50.7 Å². The summed E-state index contributed by atoms with van der Waals surface area (Å²) in [4.78, 5) is 28.4. The number of hydrogen-bond acceptors (Lipinski definition) is 4. The molecule has 0 spiro atoms. The van der Waals surface area contributed by atoms with Gasteiger partial charge in [-0.25, -0.2) is 12.8 Å². The molecule has 11 heteroatoms. The first-order valence-electron chi connectivity index (χ1n) is 12.3. The lowest BCUT2D eigenvalue weighted by atomic mass is 9.95. The minimum Gasteiger partial charge on any atom is -0.352 e. The zero-order valence-corrected chi connectivity index (χ0v) is 23.3. The number of sulfonamides is 1. The van der Waals surface area contributed by atoms with Crippen LogP contribution in [0.2, 0.25) is 10.0 Å². The van der Waals surface area contributed by atoms with Crippen molar-refractivity contribution < 1.29 is 22.4 Å². The molecule has 1 atom stereocenters. The zero-order chi connectivity index (χ0) is 27.2. The molecular formula is C26H32Cl2FN3O4S. The van der Waals surface area contributed by atoms with E-state index in [0.29, 0.717) is 19.9 Å². The molecule has 1 unspecified atom stereocenters. The van der Waals surface area contributed by atoms with E-state index in [2.05, 4.69) is 5.32 Å². The van der Waals surface area contributed by atoms with E-state index in [1.807, 2.05) is 0 Å². The maximum atomic E-state index is 14.5. The Balaban J connectivity index is 1.95. The van der Waals surface area contributed by atoms with Crippen molar-refractivity contribution in [3.63, 3.8) is 0 Å². The first-order valence-corrected chi connectivity index (χ1v) is 14.9. The molecular weight excluding hydrogens is 540 g/mol. The Bertz CT molecular complexity index is 1220. The number of halogens is 3. The molecule has 2 amide bonds. The predicted molar refractivity (Wildman–Crippen MR) is 145 cm³/mol. The summed E-state index contributed by atoms with van der Waals surface area (Å²) in [7, 11) is -4.03. The minimum atomic E-state index is -4.03. The van der Waals surface area contributed by atoms with Gasteiger partial charge in [0.2, 0.25) is 21.8 Å². The van der Waals surface area contributed by atoms with Gasteiger partial charge in [-0.05, 0) is 49.1 Å². The second-order valence-electron chi connectivity index (χ2n) is 9.25. The molecule has 2 aromatic carbocycles. The first-order chi connectivity index (χ1) is 17.5. The van der Waals surface area contributed by atoms with Gasteiger partial charge in [0.1, 0.15) is 18.4 Å². The van der Waals surface area contributed by atoms with Crippen molar-refractivity contribution in [1.29, 1.82) is 0 Å². The number of amides is 2. The van der Waals surface area contributed by atoms with Gasteiger partial charge in [-0.2, -0.15) is 0 Å². The van der Waals surface area contributed by atoms with Crippen LogP contribution in [0, 0.1) is 5.82 Å². The number of nitrogens with one attached hydrogen (secondary N) is 1. The van der Waals surface area contributed by atoms with Crippen molar-refractivity contribution in [2.75, 3.05) is 17.1 Å². The summed E-state index contributed by atoms with van der Waals surface area (Å²) in [6, 6.07) is 9.27. The second-order valence-corrected chi connectivity index (χ2v) is 12.0. The van der Waals surface area contributed by atoms with Crippen LogP contribution in [0.3, 0.4) is 0 Å². The molecule has 0 aromatic heterocycles. The Labute approximate surface area is 228 Å². The van der Waals surface area contributed by atoms with E-state index in [-0.39, 0.29) is 30.6 Å². The van der Waals surface area contributed by atoms with E-state index >= 15 is 0 Å². The van der Waals surface area contributed by atoms with E-state index in [9.17, 15) is 22.4 Å². The number of hydrogen-bond donors (Lipinski definition) is 1. The van der Waals surface area contributed by atoms with E-state index < -0.39 is 34.3 Å². The van der Waals surface area contributed by atoms with Gasteiger partial charge in [-0.15, -0.1) is 0 Å². The van der Waals surface area contributed by atoms with Gasteiger partial charge < -0.3 is 10.2 Å². The number of carbonyl (C=O) groups is 2. The van der Waals surface area contributed by atoms with E-state index in [1.165, 1.54) is 29.2 Å².